The van der Waals surface area contributed by atoms with Crippen molar-refractivity contribution in [3.63, 3.8) is 0 Å². The van der Waals surface area contributed by atoms with Gasteiger partial charge in [-0.25, -0.2) is 9.48 Å². The molecule has 1 aliphatic heterocycles. The molecule has 1 aromatic heterocycles. The summed E-state index contributed by atoms with van der Waals surface area (Å²) in [7, 11) is 0. The van der Waals surface area contributed by atoms with Crippen molar-refractivity contribution >= 4 is 11.9 Å². The normalized spacial score (nSPS) is 20.5. The Morgan fingerprint density at radius 3 is 2.64 bits per heavy atom. The third-order valence-electron chi connectivity index (χ3n) is 4.47. The van der Waals surface area contributed by atoms with Crippen LogP contribution in [-0.4, -0.2) is 55.5 Å². The number of nitrogens with zero attached hydrogens (tertiary/aromatic N) is 3. The van der Waals surface area contributed by atoms with Crippen molar-refractivity contribution in [3.05, 3.63) is 47.3 Å². The monoisotopic (exact) mass is 343 g/mol. The highest BCUT2D eigenvalue weighted by Gasteiger charge is 2.36. The molecule has 2 N–H and O–H groups in total. The van der Waals surface area contributed by atoms with Crippen LogP contribution in [0.5, 0.6) is 0 Å². The number of amides is 1. The summed E-state index contributed by atoms with van der Waals surface area (Å²) in [5.41, 5.74) is 2.99. The number of aliphatic hydroxyl groups excluding tert-OH is 1. The van der Waals surface area contributed by atoms with E-state index in [1.165, 1.54) is 4.90 Å². The number of piperidine rings is 1. The summed E-state index contributed by atoms with van der Waals surface area (Å²) in [5.74, 6) is -1.44. The lowest BCUT2D eigenvalue weighted by Gasteiger charge is -2.35. The van der Waals surface area contributed by atoms with E-state index in [1.54, 1.807) is 22.9 Å². The Kier molecular flexibility index (Phi) is 4.59. The molecule has 0 spiro atoms. The van der Waals surface area contributed by atoms with Gasteiger partial charge < -0.3 is 15.1 Å². The molecular formula is C18H21N3O4. The summed E-state index contributed by atoms with van der Waals surface area (Å²) in [4.78, 5) is 25.6. The molecule has 1 aromatic carbocycles. The largest absolute Gasteiger partial charge is 0.480 e. The van der Waals surface area contributed by atoms with Gasteiger partial charge in [0.1, 0.15) is 6.04 Å². The summed E-state index contributed by atoms with van der Waals surface area (Å²) < 4.78 is 1.75. The first-order valence-electron chi connectivity index (χ1n) is 8.22. The van der Waals surface area contributed by atoms with Crippen LogP contribution in [0.3, 0.4) is 0 Å². The van der Waals surface area contributed by atoms with E-state index >= 15 is 0 Å². The van der Waals surface area contributed by atoms with Crippen molar-refractivity contribution in [1.82, 2.24) is 14.7 Å². The first-order valence-corrected chi connectivity index (χ1v) is 8.22. The van der Waals surface area contributed by atoms with Gasteiger partial charge >= 0.3 is 5.97 Å². The Balaban J connectivity index is 1.91. The maximum atomic E-state index is 12.8. The molecule has 1 saturated heterocycles. The molecule has 0 aliphatic carbocycles. The highest BCUT2D eigenvalue weighted by Crippen LogP contribution is 2.22. The van der Waals surface area contributed by atoms with Gasteiger partial charge in [0, 0.05) is 24.2 Å². The summed E-state index contributed by atoms with van der Waals surface area (Å²) in [5, 5.41) is 23.5. The predicted octanol–water partition coefficient (Wildman–Crippen LogP) is 1.54. The fourth-order valence-corrected chi connectivity index (χ4v) is 3.25. The lowest BCUT2D eigenvalue weighted by Crippen LogP contribution is -2.51. The minimum absolute atomic E-state index is 0.0538. The number of carboxylic acids is 1. The van der Waals surface area contributed by atoms with E-state index in [2.05, 4.69) is 5.10 Å². The molecule has 132 valence electrons. The Hall–Kier alpha value is -2.67. The second-order valence-electron chi connectivity index (χ2n) is 6.42. The average Bonchev–Trinajstić information content (AvgIpc) is 2.92. The lowest BCUT2D eigenvalue weighted by atomic mass is 9.98. The highest BCUT2D eigenvalue weighted by atomic mass is 16.4. The maximum Gasteiger partial charge on any atom is 0.326 e. The standard InChI is InChI=1S/C18H21N3O4/c1-11-8-12(2)21(19-11)14-5-3-4-13(9-14)17(23)20-7-6-15(22)10-16(20)18(24)25/h3-5,8-9,15-16,22H,6-7,10H2,1-2H3,(H,24,25)/t15-,16+/m1/s1. The highest BCUT2D eigenvalue weighted by molar-refractivity contribution is 5.97. The lowest BCUT2D eigenvalue weighted by molar-refractivity contribution is -0.145. The number of likely N-dealkylation sites (tertiary alicyclic amines) is 1. The zero-order valence-electron chi connectivity index (χ0n) is 14.2. The van der Waals surface area contributed by atoms with E-state index < -0.39 is 18.1 Å². The van der Waals surface area contributed by atoms with Crippen LogP contribution in [0.25, 0.3) is 5.69 Å². The van der Waals surface area contributed by atoms with Crippen molar-refractivity contribution in [3.8, 4) is 5.69 Å². The third-order valence-corrected chi connectivity index (χ3v) is 4.47. The zero-order valence-corrected chi connectivity index (χ0v) is 14.2. The summed E-state index contributed by atoms with van der Waals surface area (Å²) in [6.45, 7) is 4.05. The molecule has 2 atom stereocenters. The number of aromatic nitrogens is 2. The number of carboxylic acid groups (broad SMARTS) is 1. The molecule has 2 aromatic rings. The molecule has 2 heterocycles. The predicted molar refractivity (Wildman–Crippen MR) is 90.7 cm³/mol. The van der Waals surface area contributed by atoms with Crippen LogP contribution in [0.2, 0.25) is 0 Å². The van der Waals surface area contributed by atoms with Crippen LogP contribution in [0.4, 0.5) is 0 Å². The van der Waals surface area contributed by atoms with Crippen LogP contribution in [0.1, 0.15) is 34.6 Å². The van der Waals surface area contributed by atoms with Crippen molar-refractivity contribution in [2.24, 2.45) is 0 Å². The molecule has 1 fully saturated rings. The molecule has 0 unspecified atom stereocenters. The van der Waals surface area contributed by atoms with E-state index in [-0.39, 0.29) is 18.9 Å². The van der Waals surface area contributed by atoms with Gasteiger partial charge in [0.05, 0.1) is 17.5 Å². The van der Waals surface area contributed by atoms with Crippen molar-refractivity contribution in [2.45, 2.75) is 38.8 Å². The first kappa shape index (κ1) is 17.2. The molecule has 0 saturated carbocycles. The van der Waals surface area contributed by atoms with Gasteiger partial charge in [0.15, 0.2) is 0 Å². The number of aliphatic hydroxyl groups is 1. The molecule has 3 rings (SSSR count). The fourth-order valence-electron chi connectivity index (χ4n) is 3.25. The average molecular weight is 343 g/mol. The number of aliphatic carboxylic acids is 1. The van der Waals surface area contributed by atoms with E-state index in [0.29, 0.717) is 12.0 Å². The zero-order chi connectivity index (χ0) is 18.1. The van der Waals surface area contributed by atoms with E-state index in [9.17, 15) is 19.8 Å². The van der Waals surface area contributed by atoms with Gasteiger partial charge in [-0.2, -0.15) is 5.10 Å². The molecule has 0 radical (unpaired) electrons. The summed E-state index contributed by atoms with van der Waals surface area (Å²) in [6.07, 6.45) is -0.253. The number of hydrogen-bond acceptors (Lipinski definition) is 4. The third kappa shape index (κ3) is 3.41. The van der Waals surface area contributed by atoms with Crippen LogP contribution in [-0.2, 0) is 4.79 Å². The quantitative estimate of drug-likeness (QED) is 0.881. The van der Waals surface area contributed by atoms with Gasteiger partial charge in [-0.15, -0.1) is 0 Å². The maximum absolute atomic E-state index is 12.8. The fraction of sp³-hybridized carbons (Fsp3) is 0.389. The van der Waals surface area contributed by atoms with Gasteiger partial charge in [-0.3, -0.25) is 4.79 Å². The van der Waals surface area contributed by atoms with Crippen molar-refractivity contribution < 1.29 is 19.8 Å². The SMILES string of the molecule is Cc1cc(C)n(-c2cccc(C(=O)N3CC[C@@H](O)C[C@H]3C(=O)O)c2)n1. The topological polar surface area (TPSA) is 95.7 Å². The van der Waals surface area contributed by atoms with Crippen molar-refractivity contribution in [2.75, 3.05) is 6.54 Å². The number of carbonyl (C=O) groups excluding carboxylic acids is 1. The molecular weight excluding hydrogens is 322 g/mol. The second kappa shape index (κ2) is 6.68. The minimum Gasteiger partial charge on any atom is -0.480 e. The number of rotatable bonds is 3. The van der Waals surface area contributed by atoms with Gasteiger partial charge in [0.2, 0.25) is 0 Å². The first-order chi connectivity index (χ1) is 11.9. The molecule has 25 heavy (non-hydrogen) atoms. The van der Waals surface area contributed by atoms with Crippen LogP contribution < -0.4 is 0 Å². The number of hydrogen-bond donors (Lipinski definition) is 2. The van der Waals surface area contributed by atoms with Crippen LogP contribution >= 0.6 is 0 Å². The second-order valence-corrected chi connectivity index (χ2v) is 6.42. The van der Waals surface area contributed by atoms with E-state index in [4.69, 9.17) is 0 Å². The number of aryl methyl sites for hydroxylation is 2. The van der Waals surface area contributed by atoms with Crippen LogP contribution in [0.15, 0.2) is 30.3 Å². The van der Waals surface area contributed by atoms with Crippen molar-refractivity contribution in [1.29, 1.82) is 0 Å². The summed E-state index contributed by atoms with van der Waals surface area (Å²) in [6, 6.07) is 7.93. The Morgan fingerprint density at radius 2 is 2.00 bits per heavy atom. The summed E-state index contributed by atoms with van der Waals surface area (Å²) >= 11 is 0. The Morgan fingerprint density at radius 1 is 1.24 bits per heavy atom. The molecule has 1 amide bonds. The van der Waals surface area contributed by atoms with E-state index in [1.807, 2.05) is 26.0 Å². The Labute approximate surface area is 145 Å². The van der Waals surface area contributed by atoms with Gasteiger partial charge in [-0.1, -0.05) is 6.07 Å². The minimum atomic E-state index is -1.10. The smallest absolute Gasteiger partial charge is 0.326 e. The number of benzene rings is 1. The molecule has 7 heteroatoms. The van der Waals surface area contributed by atoms with Crippen LogP contribution in [0, 0.1) is 13.8 Å². The van der Waals surface area contributed by atoms with Gasteiger partial charge in [0.25, 0.3) is 5.91 Å². The molecule has 0 bridgehead atoms. The number of carbonyl (C=O) groups is 2. The molecule has 1 aliphatic rings. The Bertz CT molecular complexity index is 814. The van der Waals surface area contributed by atoms with E-state index in [0.717, 1.165) is 17.1 Å². The van der Waals surface area contributed by atoms with Gasteiger partial charge in [-0.05, 0) is 44.5 Å². The molecule has 7 nitrogen and oxygen atoms in total.